The zero-order chi connectivity index (χ0) is 62.2. The summed E-state index contributed by atoms with van der Waals surface area (Å²) >= 11 is 0. The standard InChI is InChI=1S/C54H71N15O9.C2HF3O2/c1-3-4-15-40(63-31(2)70)48(73)69-45-27-46(71)59-21-10-9-17-39(47(55)72)64-51(76)43(25-35-28-61-38-16-8-7-14-37(35)38)67-49(74)41(18-11-22-60-54(56)57)65-50(75)42(24-32-19-20-33-12-5-6-13-34(33)23-32)66-52(77)44(68-53(45)78)26-36-29-58-30-62-36;3-2(4,5)1(6)7/h5-8,12-14,16,19-20,23,28-30,39-45,61H,3-4,9-11,15,17-18,21-22,24-27H2,1-2H3,(H2,55,72)(H,58,62)(H,59,71)(H,63,70)(H,64,76)(H,65,75)(H,66,77)(H,67,74)(H,68,78)(H,69,73)(H4,56,57,60);(H,6,7)/t39-,40-,41-,42+,43-,44-,45-;/m0./s1. The average Bonchev–Trinajstić information content (AvgIpc) is 4.39. The summed E-state index contributed by atoms with van der Waals surface area (Å²) in [4.78, 5) is 149. The number of hydrogen-bond donors (Lipinski definition) is 14. The summed E-state index contributed by atoms with van der Waals surface area (Å²) in [7, 11) is 0. The lowest BCUT2D eigenvalue weighted by molar-refractivity contribution is -0.192. The minimum atomic E-state index is -5.08. The van der Waals surface area contributed by atoms with Gasteiger partial charge in [0, 0.05) is 68.3 Å². The van der Waals surface area contributed by atoms with Gasteiger partial charge in [0.15, 0.2) is 5.96 Å². The molecule has 6 rings (SSSR count). The Labute approximate surface area is 486 Å². The number of aliphatic imine (C=N–C) groups is 1. The fraction of sp³-hybridized carbons (Fsp3) is 0.429. The fourth-order valence-corrected chi connectivity index (χ4v) is 9.15. The van der Waals surface area contributed by atoms with E-state index in [4.69, 9.17) is 27.1 Å². The van der Waals surface area contributed by atoms with E-state index in [0.717, 1.165) is 21.7 Å². The van der Waals surface area contributed by atoms with E-state index in [1.54, 1.807) is 12.3 Å². The number of carbonyl (C=O) groups excluding carboxylic acids is 9. The number of amides is 9. The van der Waals surface area contributed by atoms with Gasteiger partial charge in [0.1, 0.15) is 42.3 Å². The molecule has 0 saturated carbocycles. The topological polar surface area (TPSA) is 422 Å². The Balaban J connectivity index is 0.00000177. The number of H-pyrrole nitrogens is 2. The molecule has 0 spiro atoms. The number of carboxylic acid groups (broad SMARTS) is 1. The molecule has 3 aromatic carbocycles. The number of primary amides is 1. The zero-order valence-electron chi connectivity index (χ0n) is 46.8. The molecule has 5 aromatic rings. The molecule has 26 nitrogen and oxygen atoms in total. The summed E-state index contributed by atoms with van der Waals surface area (Å²) in [6.07, 6.45) is 0.568. The monoisotopic (exact) mass is 1190 g/mol. The summed E-state index contributed by atoms with van der Waals surface area (Å²) in [6, 6.07) is 10.9. The van der Waals surface area contributed by atoms with E-state index in [1.807, 2.05) is 67.6 Å². The second-order valence-corrected chi connectivity index (χ2v) is 20.2. The number of aromatic amines is 2. The number of hydrogen-bond acceptors (Lipinski definition) is 12. The number of benzene rings is 3. The third-order valence-electron chi connectivity index (χ3n) is 13.5. The number of rotatable bonds is 17. The number of nitrogens with two attached hydrogens (primary N) is 3. The summed E-state index contributed by atoms with van der Waals surface area (Å²) in [6.45, 7) is 3.25. The molecule has 17 N–H and O–H groups in total. The Morgan fingerprint density at radius 2 is 1.39 bits per heavy atom. The SMILES string of the molecule is CCCC[C@H](NC(C)=O)C(=O)N[C@H]1CC(=O)NCCCC[C@@H](C(N)=O)NC(=O)[C@H](Cc2c[nH]c3ccccc23)NC(=O)[C@H](CCCN=C(N)N)NC(=O)[C@@H](Cc2ccc3ccccc3c2)NC(=O)[C@H](Cc2cnc[nH]2)NC1=O.O=C(O)C(F)(F)F. The number of para-hydroxylation sites is 1. The average molecular weight is 1190 g/mol. The molecule has 1 saturated heterocycles. The van der Waals surface area contributed by atoms with Gasteiger partial charge >= 0.3 is 12.1 Å². The van der Waals surface area contributed by atoms with Gasteiger partial charge in [-0.2, -0.15) is 13.2 Å². The van der Waals surface area contributed by atoms with Crippen LogP contribution in [0, 0.1) is 0 Å². The maximum atomic E-state index is 15.0. The molecule has 0 radical (unpaired) electrons. The molecule has 7 atom stereocenters. The number of carbonyl (C=O) groups is 10. The lowest BCUT2D eigenvalue weighted by atomic mass is 9.99. The Morgan fingerprint density at radius 1 is 0.765 bits per heavy atom. The second-order valence-electron chi connectivity index (χ2n) is 20.2. The van der Waals surface area contributed by atoms with Crippen LogP contribution in [0.25, 0.3) is 21.7 Å². The Morgan fingerprint density at radius 3 is 2.04 bits per heavy atom. The number of carboxylic acids is 1. The third-order valence-corrected chi connectivity index (χ3v) is 13.5. The van der Waals surface area contributed by atoms with Gasteiger partial charge in [-0.1, -0.05) is 80.4 Å². The van der Waals surface area contributed by atoms with Crippen molar-refractivity contribution in [1.29, 1.82) is 0 Å². The quantitative estimate of drug-likeness (QED) is 0.0344. The van der Waals surface area contributed by atoms with E-state index in [0.29, 0.717) is 29.7 Å². The maximum absolute atomic E-state index is 15.0. The molecule has 1 aliphatic rings. The molecule has 85 heavy (non-hydrogen) atoms. The predicted octanol–water partition coefficient (Wildman–Crippen LogP) is 0.538. The van der Waals surface area contributed by atoms with E-state index in [2.05, 4.69) is 62.5 Å². The first kappa shape index (κ1) is 66.2. The van der Waals surface area contributed by atoms with Gasteiger partial charge in [0.25, 0.3) is 0 Å². The first-order valence-corrected chi connectivity index (χ1v) is 27.4. The first-order valence-electron chi connectivity index (χ1n) is 27.4. The van der Waals surface area contributed by atoms with Crippen molar-refractivity contribution in [3.63, 3.8) is 0 Å². The molecule has 9 amide bonds. The van der Waals surface area contributed by atoms with Gasteiger partial charge in [0.05, 0.1) is 12.7 Å². The largest absolute Gasteiger partial charge is 0.490 e. The van der Waals surface area contributed by atoms with Gasteiger partial charge < -0.3 is 74.8 Å². The smallest absolute Gasteiger partial charge is 0.475 e. The van der Waals surface area contributed by atoms with Crippen LogP contribution in [0.2, 0.25) is 0 Å². The number of unbranched alkanes of at least 4 members (excludes halogenated alkanes) is 1. The van der Waals surface area contributed by atoms with Crippen LogP contribution in [-0.2, 0) is 67.2 Å². The van der Waals surface area contributed by atoms with Crippen molar-refractivity contribution in [1.82, 2.24) is 57.5 Å². The van der Waals surface area contributed by atoms with E-state index in [1.165, 1.54) is 19.4 Å². The molecule has 0 unspecified atom stereocenters. The number of nitrogens with one attached hydrogen (secondary N) is 10. The fourth-order valence-electron chi connectivity index (χ4n) is 9.15. The lowest BCUT2D eigenvalue weighted by Gasteiger charge is -2.28. The molecule has 2 aromatic heterocycles. The normalized spacial score (nSPS) is 20.1. The Hall–Kier alpha value is -9.57. The number of aromatic nitrogens is 3. The molecule has 3 heterocycles. The highest BCUT2D eigenvalue weighted by Crippen LogP contribution is 2.21. The van der Waals surface area contributed by atoms with E-state index in [-0.39, 0.29) is 76.8 Å². The molecule has 458 valence electrons. The van der Waals surface area contributed by atoms with Crippen molar-refractivity contribution < 1.29 is 66.2 Å². The number of fused-ring (bicyclic) bond motifs is 2. The summed E-state index contributed by atoms with van der Waals surface area (Å²) in [5.74, 6) is -9.88. The van der Waals surface area contributed by atoms with Crippen molar-refractivity contribution >= 4 is 86.8 Å². The Bertz CT molecular complexity index is 3170. The second kappa shape index (κ2) is 32.3. The zero-order valence-corrected chi connectivity index (χ0v) is 46.8. The van der Waals surface area contributed by atoms with Crippen LogP contribution in [0.1, 0.15) is 88.5 Å². The van der Waals surface area contributed by atoms with Crippen molar-refractivity contribution in [2.75, 3.05) is 13.1 Å². The van der Waals surface area contributed by atoms with E-state index in [9.17, 15) is 56.3 Å². The third kappa shape index (κ3) is 21.6. The van der Waals surface area contributed by atoms with Gasteiger partial charge in [-0.15, -0.1) is 0 Å². The van der Waals surface area contributed by atoms with Crippen LogP contribution in [-0.4, -0.2) is 147 Å². The van der Waals surface area contributed by atoms with Gasteiger partial charge in [-0.25, -0.2) is 9.78 Å². The van der Waals surface area contributed by atoms with Crippen LogP contribution in [0.4, 0.5) is 13.2 Å². The first-order chi connectivity index (χ1) is 40.4. The molecular weight excluding hydrogens is 1120 g/mol. The van der Waals surface area contributed by atoms with Crippen LogP contribution in [0.15, 0.2) is 90.4 Å². The minimum absolute atomic E-state index is 0.0366. The Kier molecular flexibility index (Phi) is 25.2. The number of halogens is 3. The molecule has 0 aliphatic carbocycles. The number of alkyl halides is 3. The summed E-state index contributed by atoms with van der Waals surface area (Å²) in [5.41, 5.74) is 19.5. The molecule has 29 heteroatoms. The lowest BCUT2D eigenvalue weighted by Crippen LogP contribution is -2.61. The van der Waals surface area contributed by atoms with Crippen molar-refractivity contribution in [2.45, 2.75) is 139 Å². The van der Waals surface area contributed by atoms with Crippen LogP contribution < -0.4 is 59.7 Å². The van der Waals surface area contributed by atoms with Crippen molar-refractivity contribution in [3.05, 3.63) is 102 Å². The highest BCUT2D eigenvalue weighted by atomic mass is 19.4. The predicted molar refractivity (Wildman–Crippen MR) is 305 cm³/mol. The number of guanidine groups is 1. The van der Waals surface area contributed by atoms with E-state index < -0.39 is 114 Å². The summed E-state index contributed by atoms with van der Waals surface area (Å²) < 4.78 is 31.7. The maximum Gasteiger partial charge on any atom is 0.490 e. The van der Waals surface area contributed by atoms with Crippen molar-refractivity contribution in [3.8, 4) is 0 Å². The van der Waals surface area contributed by atoms with Gasteiger partial charge in [-0.3, -0.25) is 48.1 Å². The number of imidazole rings is 1. The van der Waals surface area contributed by atoms with Crippen LogP contribution in [0.3, 0.4) is 0 Å². The van der Waals surface area contributed by atoms with Gasteiger partial charge in [0.2, 0.25) is 53.2 Å². The molecule has 1 aliphatic heterocycles. The van der Waals surface area contributed by atoms with Gasteiger partial charge in [-0.05, 0) is 66.5 Å². The van der Waals surface area contributed by atoms with Crippen LogP contribution >= 0.6 is 0 Å². The highest BCUT2D eigenvalue weighted by molar-refractivity contribution is 5.99. The molecule has 1 fully saturated rings. The minimum Gasteiger partial charge on any atom is -0.475 e. The van der Waals surface area contributed by atoms with Crippen molar-refractivity contribution in [2.24, 2.45) is 22.2 Å². The highest BCUT2D eigenvalue weighted by Gasteiger charge is 2.39. The number of nitrogens with zero attached hydrogens (tertiary/aromatic N) is 2. The molecular formula is C56H72F3N15O11. The number of aliphatic carboxylic acids is 1. The van der Waals surface area contributed by atoms with E-state index >= 15 is 0 Å². The molecule has 0 bridgehead atoms. The summed E-state index contributed by atoms with van der Waals surface area (Å²) in [5, 5.41) is 31.4. The van der Waals surface area contributed by atoms with Crippen LogP contribution in [0.5, 0.6) is 0 Å².